The smallest absolute Gasteiger partial charge is 0.225 e. The third-order valence-electron chi connectivity index (χ3n) is 3.89. The van der Waals surface area contributed by atoms with Gasteiger partial charge in [-0.15, -0.1) is 0 Å². The van der Waals surface area contributed by atoms with Gasteiger partial charge >= 0.3 is 0 Å². The summed E-state index contributed by atoms with van der Waals surface area (Å²) in [4.78, 5) is 12.0. The quantitative estimate of drug-likeness (QED) is 0.650. The second-order valence-electron chi connectivity index (χ2n) is 5.60. The first-order chi connectivity index (χ1) is 10.1. The first-order valence-corrected chi connectivity index (χ1v) is 7.69. The van der Waals surface area contributed by atoms with Gasteiger partial charge in [0.1, 0.15) is 0 Å². The van der Waals surface area contributed by atoms with Gasteiger partial charge in [0.25, 0.3) is 0 Å². The fourth-order valence-corrected chi connectivity index (χ4v) is 2.17. The first-order valence-electron chi connectivity index (χ1n) is 7.69. The Kier molecular flexibility index (Phi) is 7.40. The first kappa shape index (κ1) is 17.7. The lowest BCUT2D eigenvalue weighted by molar-refractivity contribution is -0.123. The SMILES string of the molecule is CCCCc1ccc(CC(=O)NC(CC)(CO)CO)cc1. The third kappa shape index (κ3) is 5.48. The van der Waals surface area contributed by atoms with E-state index in [4.69, 9.17) is 0 Å². The number of hydrogen-bond acceptors (Lipinski definition) is 3. The molecule has 21 heavy (non-hydrogen) atoms. The van der Waals surface area contributed by atoms with E-state index in [1.807, 2.05) is 19.1 Å². The molecule has 0 fully saturated rings. The van der Waals surface area contributed by atoms with Gasteiger partial charge in [0.15, 0.2) is 0 Å². The van der Waals surface area contributed by atoms with Crippen molar-refractivity contribution >= 4 is 5.91 Å². The van der Waals surface area contributed by atoms with E-state index in [2.05, 4.69) is 24.4 Å². The molecular formula is C17H27NO3. The zero-order valence-corrected chi connectivity index (χ0v) is 13.1. The molecule has 0 spiro atoms. The molecule has 118 valence electrons. The molecule has 0 aliphatic heterocycles. The van der Waals surface area contributed by atoms with E-state index in [1.54, 1.807) is 0 Å². The molecule has 1 aromatic rings. The summed E-state index contributed by atoms with van der Waals surface area (Å²) < 4.78 is 0. The maximum absolute atomic E-state index is 12.0. The van der Waals surface area contributed by atoms with Crippen LogP contribution in [-0.2, 0) is 17.6 Å². The molecule has 0 saturated carbocycles. The third-order valence-corrected chi connectivity index (χ3v) is 3.89. The molecule has 0 radical (unpaired) electrons. The summed E-state index contributed by atoms with van der Waals surface area (Å²) in [6.45, 7) is 3.47. The lowest BCUT2D eigenvalue weighted by Crippen LogP contribution is -2.54. The van der Waals surface area contributed by atoms with E-state index in [9.17, 15) is 15.0 Å². The topological polar surface area (TPSA) is 69.6 Å². The van der Waals surface area contributed by atoms with Crippen molar-refractivity contribution in [1.82, 2.24) is 5.32 Å². The van der Waals surface area contributed by atoms with Gasteiger partial charge in [-0.25, -0.2) is 0 Å². The Morgan fingerprint density at radius 3 is 2.14 bits per heavy atom. The second kappa shape index (κ2) is 8.80. The molecule has 1 aromatic carbocycles. The Bertz CT molecular complexity index is 416. The number of aliphatic hydroxyl groups excluding tert-OH is 2. The molecule has 1 amide bonds. The molecule has 4 nitrogen and oxygen atoms in total. The molecule has 0 heterocycles. The van der Waals surface area contributed by atoms with Crippen molar-refractivity contribution in [3.05, 3.63) is 35.4 Å². The molecule has 3 N–H and O–H groups in total. The minimum Gasteiger partial charge on any atom is -0.394 e. The molecule has 1 rings (SSSR count). The number of carbonyl (C=O) groups excluding carboxylic acids is 1. The number of carbonyl (C=O) groups is 1. The summed E-state index contributed by atoms with van der Waals surface area (Å²) in [5, 5.41) is 21.4. The largest absolute Gasteiger partial charge is 0.394 e. The Hall–Kier alpha value is -1.39. The predicted octanol–water partition coefficient (Wildman–Crippen LogP) is 1.82. The molecule has 0 aliphatic carbocycles. The van der Waals surface area contributed by atoms with E-state index in [0.717, 1.165) is 12.0 Å². The minimum absolute atomic E-state index is 0.179. The lowest BCUT2D eigenvalue weighted by atomic mass is 9.97. The van der Waals surface area contributed by atoms with Crippen molar-refractivity contribution in [2.75, 3.05) is 13.2 Å². The summed E-state index contributed by atoms with van der Waals surface area (Å²) in [5.41, 5.74) is 1.31. The molecular weight excluding hydrogens is 266 g/mol. The summed E-state index contributed by atoms with van der Waals surface area (Å²) >= 11 is 0. The van der Waals surface area contributed by atoms with Gasteiger partial charge in [0.2, 0.25) is 5.91 Å². The van der Waals surface area contributed by atoms with Crippen molar-refractivity contribution in [3.63, 3.8) is 0 Å². The zero-order valence-electron chi connectivity index (χ0n) is 13.1. The van der Waals surface area contributed by atoms with Gasteiger partial charge in [0, 0.05) is 0 Å². The molecule has 0 atom stereocenters. The van der Waals surface area contributed by atoms with Crippen LogP contribution >= 0.6 is 0 Å². The monoisotopic (exact) mass is 293 g/mol. The van der Waals surface area contributed by atoms with Crippen molar-refractivity contribution in [2.24, 2.45) is 0 Å². The second-order valence-corrected chi connectivity index (χ2v) is 5.60. The summed E-state index contributed by atoms with van der Waals surface area (Å²) in [6, 6.07) is 8.05. The van der Waals surface area contributed by atoms with E-state index in [1.165, 1.54) is 18.4 Å². The van der Waals surface area contributed by atoms with Gasteiger partial charge in [-0.1, -0.05) is 44.5 Å². The van der Waals surface area contributed by atoms with Crippen molar-refractivity contribution in [2.45, 2.75) is 51.5 Å². The predicted molar refractivity (Wildman–Crippen MR) is 84.1 cm³/mol. The van der Waals surface area contributed by atoms with Crippen LogP contribution in [-0.4, -0.2) is 34.9 Å². The van der Waals surface area contributed by atoms with Crippen LogP contribution in [0, 0.1) is 0 Å². The van der Waals surface area contributed by atoms with Crippen LogP contribution < -0.4 is 5.32 Å². The Balaban J connectivity index is 2.58. The highest BCUT2D eigenvalue weighted by atomic mass is 16.3. The average Bonchev–Trinajstić information content (AvgIpc) is 2.52. The number of benzene rings is 1. The van der Waals surface area contributed by atoms with Crippen molar-refractivity contribution in [1.29, 1.82) is 0 Å². The van der Waals surface area contributed by atoms with Crippen LogP contribution in [0.5, 0.6) is 0 Å². The van der Waals surface area contributed by atoms with Gasteiger partial charge in [0.05, 0.1) is 25.2 Å². The van der Waals surface area contributed by atoms with E-state index >= 15 is 0 Å². The van der Waals surface area contributed by atoms with Crippen molar-refractivity contribution < 1.29 is 15.0 Å². The highest BCUT2D eigenvalue weighted by molar-refractivity contribution is 5.79. The Labute approximate surface area is 127 Å². The minimum atomic E-state index is -0.919. The maximum Gasteiger partial charge on any atom is 0.225 e. The molecule has 0 aliphatic rings. The van der Waals surface area contributed by atoms with Crippen LogP contribution in [0.4, 0.5) is 0 Å². The summed E-state index contributed by atoms with van der Waals surface area (Å²) in [5.74, 6) is -0.179. The number of amides is 1. The van der Waals surface area contributed by atoms with Crippen LogP contribution in [0.3, 0.4) is 0 Å². The number of hydrogen-bond donors (Lipinski definition) is 3. The molecule has 0 bridgehead atoms. The van der Waals surface area contributed by atoms with E-state index < -0.39 is 5.54 Å². The number of aliphatic hydroxyl groups is 2. The standard InChI is InChI=1S/C17H27NO3/c1-3-5-6-14-7-9-15(10-8-14)11-16(21)18-17(4-2,12-19)13-20/h7-10,19-20H,3-6,11-13H2,1-2H3,(H,18,21). The highest BCUT2D eigenvalue weighted by Gasteiger charge is 2.28. The molecule has 0 saturated heterocycles. The van der Waals surface area contributed by atoms with Crippen LogP contribution in [0.25, 0.3) is 0 Å². The lowest BCUT2D eigenvalue weighted by Gasteiger charge is -2.29. The molecule has 4 heteroatoms. The number of nitrogens with one attached hydrogen (secondary N) is 1. The van der Waals surface area contributed by atoms with Gasteiger partial charge in [-0.05, 0) is 30.4 Å². The molecule has 0 unspecified atom stereocenters. The Morgan fingerprint density at radius 1 is 1.10 bits per heavy atom. The molecule has 0 aromatic heterocycles. The fourth-order valence-electron chi connectivity index (χ4n) is 2.17. The highest BCUT2D eigenvalue weighted by Crippen LogP contribution is 2.11. The van der Waals surface area contributed by atoms with Crippen LogP contribution in [0.2, 0.25) is 0 Å². The van der Waals surface area contributed by atoms with Crippen LogP contribution in [0.1, 0.15) is 44.2 Å². The van der Waals surface area contributed by atoms with Crippen LogP contribution in [0.15, 0.2) is 24.3 Å². The van der Waals surface area contributed by atoms with E-state index in [0.29, 0.717) is 6.42 Å². The average molecular weight is 293 g/mol. The maximum atomic E-state index is 12.0. The van der Waals surface area contributed by atoms with E-state index in [-0.39, 0.29) is 25.5 Å². The van der Waals surface area contributed by atoms with Gasteiger partial charge in [-0.3, -0.25) is 4.79 Å². The van der Waals surface area contributed by atoms with Crippen molar-refractivity contribution in [3.8, 4) is 0 Å². The van der Waals surface area contributed by atoms with Gasteiger partial charge < -0.3 is 15.5 Å². The number of rotatable bonds is 9. The summed E-state index contributed by atoms with van der Waals surface area (Å²) in [7, 11) is 0. The van der Waals surface area contributed by atoms with Gasteiger partial charge in [-0.2, -0.15) is 0 Å². The number of aryl methyl sites for hydroxylation is 1. The fraction of sp³-hybridized carbons (Fsp3) is 0.588. The Morgan fingerprint density at radius 2 is 1.67 bits per heavy atom. The normalized spacial score (nSPS) is 11.4. The zero-order chi connectivity index (χ0) is 15.7. The number of unbranched alkanes of at least 4 members (excludes halogenated alkanes) is 1. The summed E-state index contributed by atoms with van der Waals surface area (Å²) in [6.07, 6.45) is 4.16.